The van der Waals surface area contributed by atoms with Gasteiger partial charge in [0, 0.05) is 6.61 Å². The summed E-state index contributed by atoms with van der Waals surface area (Å²) in [5, 5.41) is 7.57. The maximum Gasteiger partial charge on any atom is 0.0402 e. The molecular formula is C11H30N2O. The van der Waals surface area contributed by atoms with Crippen molar-refractivity contribution >= 4 is 0 Å². The summed E-state index contributed by atoms with van der Waals surface area (Å²) in [7, 11) is 0. The molecule has 90 valence electrons. The predicted molar refractivity (Wildman–Crippen MR) is 65.1 cm³/mol. The minimum atomic E-state index is 0. The van der Waals surface area contributed by atoms with Gasteiger partial charge in [-0.1, -0.05) is 20.8 Å². The van der Waals surface area contributed by atoms with Crippen LogP contribution in [0.1, 0.15) is 47.0 Å². The second kappa shape index (κ2) is 18.6. The van der Waals surface area contributed by atoms with E-state index in [0.29, 0.717) is 0 Å². The highest BCUT2D eigenvalue weighted by Gasteiger charge is 1.98. The van der Waals surface area contributed by atoms with E-state index in [9.17, 15) is 0 Å². The second-order valence-corrected chi connectivity index (χ2v) is 3.16. The van der Waals surface area contributed by atoms with E-state index in [1.165, 1.54) is 38.9 Å². The quantitative estimate of drug-likeness (QED) is 0.702. The highest BCUT2D eigenvalue weighted by atomic mass is 16.2. The molecule has 0 aromatic rings. The third kappa shape index (κ3) is 17.8. The molecule has 0 saturated heterocycles. The summed E-state index contributed by atoms with van der Waals surface area (Å²) in [5.41, 5.74) is 0. The van der Waals surface area contributed by atoms with Gasteiger partial charge in [-0.05, 0) is 45.8 Å². The first-order valence-electron chi connectivity index (χ1n) is 5.59. The maximum atomic E-state index is 7.57. The summed E-state index contributed by atoms with van der Waals surface area (Å²) in [6.45, 7) is 12.5. The zero-order valence-corrected chi connectivity index (χ0v) is 10.6. The van der Waals surface area contributed by atoms with Crippen molar-refractivity contribution in [2.75, 3.05) is 26.2 Å². The molecule has 0 heterocycles. The van der Waals surface area contributed by atoms with Gasteiger partial charge >= 0.3 is 0 Å². The highest BCUT2D eigenvalue weighted by Crippen LogP contribution is 1.94. The van der Waals surface area contributed by atoms with Crippen LogP contribution >= 0.6 is 0 Å². The summed E-state index contributed by atoms with van der Waals surface area (Å²) in [5.74, 6) is 0. The number of aliphatic hydroxyl groups is 1. The fourth-order valence-corrected chi connectivity index (χ4v) is 1.28. The molecule has 4 N–H and O–H groups in total. The molecule has 14 heavy (non-hydrogen) atoms. The molecule has 0 aliphatic carbocycles. The van der Waals surface area contributed by atoms with Gasteiger partial charge in [0.05, 0.1) is 0 Å². The van der Waals surface area contributed by atoms with Crippen LogP contribution in [0, 0.1) is 0 Å². The molecular weight excluding hydrogens is 176 g/mol. The van der Waals surface area contributed by atoms with Crippen LogP contribution in [-0.2, 0) is 0 Å². The van der Waals surface area contributed by atoms with Gasteiger partial charge in [0.15, 0.2) is 0 Å². The molecule has 0 aromatic carbocycles. The maximum absolute atomic E-state index is 7.57. The van der Waals surface area contributed by atoms with Gasteiger partial charge in [-0.15, -0.1) is 0 Å². The summed E-state index contributed by atoms with van der Waals surface area (Å²) in [6.07, 6.45) is 3.88. The molecule has 3 heteroatoms. The van der Waals surface area contributed by atoms with Gasteiger partial charge in [-0.25, -0.2) is 0 Å². The Kier molecular flexibility index (Phi) is 25.9. The molecule has 0 fully saturated rings. The van der Waals surface area contributed by atoms with E-state index in [0.717, 1.165) is 0 Å². The van der Waals surface area contributed by atoms with Crippen LogP contribution in [0.15, 0.2) is 0 Å². The molecule has 0 radical (unpaired) electrons. The largest absolute Gasteiger partial charge is 0.397 e. The number of hydrogen-bond donors (Lipinski definition) is 2. The number of nitrogens with zero attached hydrogens (tertiary/aromatic N) is 1. The van der Waals surface area contributed by atoms with Crippen LogP contribution in [-0.4, -0.2) is 36.2 Å². The molecule has 0 saturated carbocycles. The van der Waals surface area contributed by atoms with Crippen molar-refractivity contribution in [1.29, 1.82) is 0 Å². The van der Waals surface area contributed by atoms with Gasteiger partial charge in [-0.2, -0.15) is 0 Å². The van der Waals surface area contributed by atoms with Crippen molar-refractivity contribution in [1.82, 2.24) is 11.1 Å². The van der Waals surface area contributed by atoms with Crippen LogP contribution in [0.2, 0.25) is 0 Å². The van der Waals surface area contributed by atoms with Gasteiger partial charge in [0.1, 0.15) is 0 Å². The predicted octanol–water partition coefficient (Wildman–Crippen LogP) is 2.68. The molecule has 0 unspecified atom stereocenters. The standard InChI is InChI=1S/C9H21N.C2H6O.H3N/c1-4-7-10(8-5-2)9-6-3;1-2-3;/h4-9H2,1-3H3;3H,2H2,1H3;1H3. The second-order valence-electron chi connectivity index (χ2n) is 3.16. The third-order valence-electron chi connectivity index (χ3n) is 1.62. The fourth-order valence-electron chi connectivity index (χ4n) is 1.28. The van der Waals surface area contributed by atoms with Crippen molar-refractivity contribution in [2.45, 2.75) is 47.0 Å². The first-order chi connectivity index (χ1) is 6.26. The lowest BCUT2D eigenvalue weighted by Crippen LogP contribution is -2.25. The Morgan fingerprint density at radius 1 is 0.786 bits per heavy atom. The average molecular weight is 206 g/mol. The number of aliphatic hydroxyl groups excluding tert-OH is 1. The summed E-state index contributed by atoms with van der Waals surface area (Å²) >= 11 is 0. The lowest BCUT2D eigenvalue weighted by Gasteiger charge is -2.19. The van der Waals surface area contributed by atoms with Crippen LogP contribution in [0.3, 0.4) is 0 Å². The van der Waals surface area contributed by atoms with Gasteiger partial charge < -0.3 is 16.2 Å². The van der Waals surface area contributed by atoms with E-state index in [-0.39, 0.29) is 12.8 Å². The first-order valence-corrected chi connectivity index (χ1v) is 5.59. The zero-order valence-electron chi connectivity index (χ0n) is 10.6. The van der Waals surface area contributed by atoms with Crippen molar-refractivity contribution in [2.24, 2.45) is 0 Å². The lowest BCUT2D eigenvalue weighted by atomic mass is 10.3. The van der Waals surface area contributed by atoms with Crippen molar-refractivity contribution < 1.29 is 5.11 Å². The van der Waals surface area contributed by atoms with Crippen LogP contribution in [0.25, 0.3) is 0 Å². The van der Waals surface area contributed by atoms with E-state index in [1.807, 2.05) is 0 Å². The molecule has 0 aromatic heterocycles. The fraction of sp³-hybridized carbons (Fsp3) is 1.00. The van der Waals surface area contributed by atoms with Gasteiger partial charge in [-0.3, -0.25) is 0 Å². The molecule has 0 aliphatic rings. The average Bonchev–Trinajstić information content (AvgIpc) is 2.07. The van der Waals surface area contributed by atoms with Crippen molar-refractivity contribution in [3.8, 4) is 0 Å². The topological polar surface area (TPSA) is 58.5 Å². The van der Waals surface area contributed by atoms with E-state index in [4.69, 9.17) is 5.11 Å². The summed E-state index contributed by atoms with van der Waals surface area (Å²) in [6, 6.07) is 0. The first kappa shape index (κ1) is 19.5. The minimum absolute atomic E-state index is 0. The van der Waals surface area contributed by atoms with Gasteiger partial charge in [0.25, 0.3) is 0 Å². The molecule has 0 bridgehead atoms. The number of rotatable bonds is 6. The van der Waals surface area contributed by atoms with E-state index in [1.54, 1.807) is 6.92 Å². The van der Waals surface area contributed by atoms with Crippen LogP contribution in [0.5, 0.6) is 0 Å². The third-order valence-corrected chi connectivity index (χ3v) is 1.62. The molecule has 0 spiro atoms. The molecule has 0 aliphatic heterocycles. The minimum Gasteiger partial charge on any atom is -0.397 e. The highest BCUT2D eigenvalue weighted by molar-refractivity contribution is 4.53. The van der Waals surface area contributed by atoms with E-state index < -0.39 is 0 Å². The number of hydrogen-bond acceptors (Lipinski definition) is 3. The summed E-state index contributed by atoms with van der Waals surface area (Å²) in [4.78, 5) is 2.54. The van der Waals surface area contributed by atoms with Crippen molar-refractivity contribution in [3.05, 3.63) is 0 Å². The SMILES string of the molecule is CCCN(CCC)CCC.CCO.N. The zero-order chi connectivity index (χ0) is 10.5. The van der Waals surface area contributed by atoms with Crippen molar-refractivity contribution in [3.63, 3.8) is 0 Å². The molecule has 0 amide bonds. The molecule has 3 nitrogen and oxygen atoms in total. The smallest absolute Gasteiger partial charge is 0.0402 e. The monoisotopic (exact) mass is 206 g/mol. The van der Waals surface area contributed by atoms with Crippen LogP contribution < -0.4 is 6.15 Å². The normalized spacial score (nSPS) is 9.00. The van der Waals surface area contributed by atoms with Gasteiger partial charge in [0.2, 0.25) is 0 Å². The van der Waals surface area contributed by atoms with E-state index >= 15 is 0 Å². The Bertz CT molecular complexity index is 65.4. The lowest BCUT2D eigenvalue weighted by molar-refractivity contribution is 0.275. The Hall–Kier alpha value is -0.120. The van der Waals surface area contributed by atoms with Crippen LogP contribution in [0.4, 0.5) is 0 Å². The summed E-state index contributed by atoms with van der Waals surface area (Å²) < 4.78 is 0. The Morgan fingerprint density at radius 2 is 1.00 bits per heavy atom. The Labute approximate surface area is 90.1 Å². The molecule has 0 rings (SSSR count). The molecule has 0 atom stereocenters. The Balaban J connectivity index is -0.000000267. The van der Waals surface area contributed by atoms with E-state index in [2.05, 4.69) is 25.7 Å². The Morgan fingerprint density at radius 3 is 1.14 bits per heavy atom.